The number of fused-ring (bicyclic) bond motifs is 1. The predicted molar refractivity (Wildman–Crippen MR) is 98.4 cm³/mol. The van der Waals surface area contributed by atoms with E-state index in [1.807, 2.05) is 12.1 Å². The first-order chi connectivity index (χ1) is 12.7. The normalized spacial score (nSPS) is 17.0. The second-order valence-electron chi connectivity index (χ2n) is 6.96. The van der Waals surface area contributed by atoms with Gasteiger partial charge < -0.3 is 20.1 Å². The van der Waals surface area contributed by atoms with Gasteiger partial charge in [0, 0.05) is 19.2 Å². The Morgan fingerprint density at radius 3 is 2.81 bits per heavy atom. The van der Waals surface area contributed by atoms with E-state index in [1.54, 1.807) is 29.3 Å². The summed E-state index contributed by atoms with van der Waals surface area (Å²) in [5, 5.41) is 12.5. The van der Waals surface area contributed by atoms with Crippen LogP contribution in [0.5, 0.6) is 11.6 Å². The Morgan fingerprint density at radius 2 is 2.04 bits per heavy atom. The average Bonchev–Trinajstić information content (AvgIpc) is 3.15. The van der Waals surface area contributed by atoms with Crippen molar-refractivity contribution in [2.75, 3.05) is 11.9 Å². The van der Waals surface area contributed by atoms with Crippen LogP contribution in [0.25, 0.3) is 0 Å². The fraction of sp³-hybridized carbons (Fsp3) is 0.400. The molecule has 2 amide bonds. The van der Waals surface area contributed by atoms with Gasteiger partial charge >= 0.3 is 6.03 Å². The number of hydrogen-bond acceptors (Lipinski definition) is 4. The number of amides is 2. The number of hydrogen-bond donors (Lipinski definition) is 2. The molecule has 6 heteroatoms. The van der Waals surface area contributed by atoms with Crippen molar-refractivity contribution in [3.8, 4) is 11.6 Å². The molecule has 0 unspecified atom stereocenters. The van der Waals surface area contributed by atoms with Crippen molar-refractivity contribution in [3.05, 3.63) is 47.7 Å². The number of rotatable bonds is 3. The minimum atomic E-state index is -0.162. The van der Waals surface area contributed by atoms with Crippen molar-refractivity contribution in [1.29, 1.82) is 0 Å². The molecule has 1 fully saturated rings. The summed E-state index contributed by atoms with van der Waals surface area (Å²) in [5.74, 6) is 0.838. The van der Waals surface area contributed by atoms with Gasteiger partial charge in [0.2, 0.25) is 5.88 Å². The smallest absolute Gasteiger partial charge is 0.322 e. The maximum Gasteiger partial charge on any atom is 0.322 e. The molecule has 2 N–H and O–H groups in total. The zero-order valence-corrected chi connectivity index (χ0v) is 14.6. The number of phenols is 1. The number of urea groups is 1. The summed E-state index contributed by atoms with van der Waals surface area (Å²) in [6, 6.07) is 8.80. The third-order valence-electron chi connectivity index (χ3n) is 5.07. The summed E-state index contributed by atoms with van der Waals surface area (Å²) in [4.78, 5) is 18.6. The van der Waals surface area contributed by atoms with Crippen LogP contribution in [0, 0.1) is 0 Å². The fourth-order valence-corrected chi connectivity index (χ4v) is 3.62. The Hall–Kier alpha value is -2.76. The average molecular weight is 353 g/mol. The zero-order chi connectivity index (χ0) is 17.9. The quantitative estimate of drug-likeness (QED) is 0.882. The number of ether oxygens (including phenoxy) is 1. The first-order valence-electron chi connectivity index (χ1n) is 9.17. The monoisotopic (exact) mass is 353 g/mol. The molecule has 0 spiro atoms. The standard InChI is InChI=1S/C20H23N3O3/c24-17-7-5-14-9-10-23(13-15(14)11-17)20(25)22-16-6-8-19(21-12-16)26-18-3-1-2-4-18/h5-8,11-12,18,24H,1-4,9-10,13H2,(H,22,25). The van der Waals surface area contributed by atoms with E-state index in [-0.39, 0.29) is 17.9 Å². The lowest BCUT2D eigenvalue weighted by atomic mass is 10.00. The van der Waals surface area contributed by atoms with Crippen LogP contribution in [0.15, 0.2) is 36.5 Å². The number of anilines is 1. The number of pyridine rings is 1. The van der Waals surface area contributed by atoms with Crippen LogP contribution in [0.3, 0.4) is 0 Å². The summed E-state index contributed by atoms with van der Waals surface area (Å²) >= 11 is 0. The highest BCUT2D eigenvalue weighted by molar-refractivity contribution is 5.89. The lowest BCUT2D eigenvalue weighted by molar-refractivity contribution is 0.201. The summed E-state index contributed by atoms with van der Waals surface area (Å²) in [6.07, 6.45) is 7.30. The largest absolute Gasteiger partial charge is 0.508 e. The van der Waals surface area contributed by atoms with E-state index >= 15 is 0 Å². The second kappa shape index (κ2) is 7.23. The minimum absolute atomic E-state index is 0.162. The van der Waals surface area contributed by atoms with Crippen molar-refractivity contribution >= 4 is 11.7 Å². The number of aromatic hydroxyl groups is 1. The second-order valence-corrected chi connectivity index (χ2v) is 6.96. The molecule has 0 bridgehead atoms. The van der Waals surface area contributed by atoms with Crippen LogP contribution < -0.4 is 10.1 Å². The highest BCUT2D eigenvalue weighted by atomic mass is 16.5. The van der Waals surface area contributed by atoms with Crippen molar-refractivity contribution in [2.24, 2.45) is 0 Å². The molecule has 4 rings (SSSR count). The Bertz CT molecular complexity index is 785. The Labute approximate surface area is 152 Å². The van der Waals surface area contributed by atoms with E-state index in [1.165, 1.54) is 18.4 Å². The molecular formula is C20H23N3O3. The van der Waals surface area contributed by atoms with E-state index in [2.05, 4.69) is 10.3 Å². The van der Waals surface area contributed by atoms with Gasteiger partial charge in [-0.1, -0.05) is 6.07 Å². The first-order valence-corrected chi connectivity index (χ1v) is 9.17. The molecule has 1 aromatic heterocycles. The van der Waals surface area contributed by atoms with Crippen molar-refractivity contribution in [2.45, 2.75) is 44.8 Å². The molecule has 0 radical (unpaired) electrons. The Balaban J connectivity index is 1.35. The van der Waals surface area contributed by atoms with Gasteiger partial charge in [-0.05, 0) is 61.4 Å². The van der Waals surface area contributed by atoms with Crippen LogP contribution in [-0.4, -0.2) is 33.7 Å². The Morgan fingerprint density at radius 1 is 1.19 bits per heavy atom. The molecule has 0 atom stereocenters. The number of carbonyl (C=O) groups excluding carboxylic acids is 1. The molecule has 0 saturated heterocycles. The molecule has 2 heterocycles. The summed E-state index contributed by atoms with van der Waals surface area (Å²) in [7, 11) is 0. The number of benzene rings is 1. The van der Waals surface area contributed by atoms with Gasteiger partial charge in [-0.3, -0.25) is 0 Å². The van der Waals surface area contributed by atoms with E-state index < -0.39 is 0 Å². The van der Waals surface area contributed by atoms with Gasteiger partial charge in [0.15, 0.2) is 0 Å². The molecule has 26 heavy (non-hydrogen) atoms. The maximum absolute atomic E-state index is 12.5. The Kier molecular flexibility index (Phi) is 4.65. The van der Waals surface area contributed by atoms with Gasteiger partial charge in [0.05, 0.1) is 11.9 Å². The molecule has 136 valence electrons. The van der Waals surface area contributed by atoms with E-state index in [9.17, 15) is 9.90 Å². The van der Waals surface area contributed by atoms with Gasteiger partial charge in [0.1, 0.15) is 11.9 Å². The predicted octanol–water partition coefficient (Wildman–Crippen LogP) is 3.70. The van der Waals surface area contributed by atoms with Crippen molar-refractivity contribution in [1.82, 2.24) is 9.88 Å². The number of aromatic nitrogens is 1. The van der Waals surface area contributed by atoms with Gasteiger partial charge in [-0.2, -0.15) is 0 Å². The molecule has 2 aliphatic rings. The van der Waals surface area contributed by atoms with Crippen molar-refractivity contribution < 1.29 is 14.6 Å². The zero-order valence-electron chi connectivity index (χ0n) is 14.6. The van der Waals surface area contributed by atoms with E-state index in [0.717, 1.165) is 24.8 Å². The molecule has 2 aromatic rings. The first kappa shape index (κ1) is 16.7. The molecule has 1 saturated carbocycles. The number of nitrogens with zero attached hydrogens (tertiary/aromatic N) is 2. The number of nitrogens with one attached hydrogen (secondary N) is 1. The number of phenolic OH excluding ortho intramolecular Hbond substituents is 1. The summed E-state index contributed by atoms with van der Waals surface area (Å²) in [6.45, 7) is 1.14. The topological polar surface area (TPSA) is 74.7 Å². The van der Waals surface area contributed by atoms with Gasteiger partial charge in [0.25, 0.3) is 0 Å². The SMILES string of the molecule is O=C(Nc1ccc(OC2CCCC2)nc1)N1CCc2ccc(O)cc2C1. The van der Waals surface area contributed by atoms with Gasteiger partial charge in [-0.25, -0.2) is 9.78 Å². The van der Waals surface area contributed by atoms with E-state index in [0.29, 0.717) is 24.7 Å². The van der Waals surface area contributed by atoms with Crippen LogP contribution in [-0.2, 0) is 13.0 Å². The molecule has 1 aliphatic heterocycles. The lowest BCUT2D eigenvalue weighted by Gasteiger charge is -2.29. The molecular weight excluding hydrogens is 330 g/mol. The van der Waals surface area contributed by atoms with Gasteiger partial charge in [-0.15, -0.1) is 0 Å². The minimum Gasteiger partial charge on any atom is -0.508 e. The highest BCUT2D eigenvalue weighted by Crippen LogP contribution is 2.25. The van der Waals surface area contributed by atoms with Crippen LogP contribution in [0.1, 0.15) is 36.8 Å². The highest BCUT2D eigenvalue weighted by Gasteiger charge is 2.21. The van der Waals surface area contributed by atoms with Crippen LogP contribution >= 0.6 is 0 Å². The number of carbonyl (C=O) groups is 1. The van der Waals surface area contributed by atoms with Crippen LogP contribution in [0.4, 0.5) is 10.5 Å². The summed E-state index contributed by atoms with van der Waals surface area (Å²) in [5.41, 5.74) is 2.82. The third kappa shape index (κ3) is 3.74. The van der Waals surface area contributed by atoms with Crippen molar-refractivity contribution in [3.63, 3.8) is 0 Å². The molecule has 1 aliphatic carbocycles. The van der Waals surface area contributed by atoms with E-state index in [4.69, 9.17) is 4.74 Å². The summed E-state index contributed by atoms with van der Waals surface area (Å²) < 4.78 is 5.84. The lowest BCUT2D eigenvalue weighted by Crippen LogP contribution is -2.38. The maximum atomic E-state index is 12.5. The van der Waals surface area contributed by atoms with Crippen LogP contribution in [0.2, 0.25) is 0 Å². The molecule has 1 aromatic carbocycles. The third-order valence-corrected chi connectivity index (χ3v) is 5.07. The molecule has 6 nitrogen and oxygen atoms in total. The fourth-order valence-electron chi connectivity index (χ4n) is 3.62.